The number of ether oxygens (including phenoxy) is 1. The van der Waals surface area contributed by atoms with Gasteiger partial charge in [0.15, 0.2) is 0 Å². The van der Waals surface area contributed by atoms with Crippen LogP contribution in [-0.2, 0) is 13.0 Å². The molecule has 1 aliphatic heterocycles. The third-order valence-electron chi connectivity index (χ3n) is 6.68. The van der Waals surface area contributed by atoms with Crippen LogP contribution in [0.5, 0.6) is 5.88 Å². The number of aliphatic hydroxyl groups excluding tert-OH is 1. The first-order valence-electron chi connectivity index (χ1n) is 12.8. The van der Waals surface area contributed by atoms with E-state index in [4.69, 9.17) is 4.74 Å². The number of nitrogens with zero attached hydrogens (tertiary/aromatic N) is 3. The van der Waals surface area contributed by atoms with E-state index in [0.29, 0.717) is 36.5 Å². The van der Waals surface area contributed by atoms with Crippen LogP contribution in [0.1, 0.15) is 40.9 Å². The second-order valence-electron chi connectivity index (χ2n) is 9.85. The Morgan fingerprint density at radius 2 is 1.81 bits per heavy atom. The number of carbonyl (C=O) groups is 1. The predicted octanol–water partition coefficient (Wildman–Crippen LogP) is 4.03. The summed E-state index contributed by atoms with van der Waals surface area (Å²) in [6.07, 6.45) is 2.10. The molecule has 0 spiro atoms. The summed E-state index contributed by atoms with van der Waals surface area (Å²) < 4.78 is 6.41. The minimum absolute atomic E-state index is 0.0384. The average molecular weight is 498 g/mol. The molecule has 0 saturated carbocycles. The summed E-state index contributed by atoms with van der Waals surface area (Å²) in [5.74, 6) is 6.48. The van der Waals surface area contributed by atoms with Crippen LogP contribution in [0.4, 0.5) is 0 Å². The number of fused-ring (bicyclic) bond motifs is 1. The van der Waals surface area contributed by atoms with Gasteiger partial charge in [-0.2, -0.15) is 0 Å². The van der Waals surface area contributed by atoms with Crippen LogP contribution in [0.15, 0.2) is 72.9 Å². The molecule has 1 aromatic heterocycles. The molecule has 1 amide bonds. The van der Waals surface area contributed by atoms with Gasteiger partial charge in [-0.25, -0.2) is 4.98 Å². The molecule has 1 aliphatic rings. The number of aromatic nitrogens is 1. The van der Waals surface area contributed by atoms with Crippen molar-refractivity contribution in [2.75, 3.05) is 26.7 Å². The number of pyridine rings is 1. The lowest BCUT2D eigenvalue weighted by Gasteiger charge is -2.37. The molecule has 37 heavy (non-hydrogen) atoms. The molecule has 192 valence electrons. The van der Waals surface area contributed by atoms with Crippen LogP contribution in [0.2, 0.25) is 0 Å². The first kappa shape index (κ1) is 26.4. The molecule has 4 rings (SSSR count). The zero-order chi connectivity index (χ0) is 26.2. The number of benzene rings is 2. The predicted molar refractivity (Wildman–Crippen MR) is 145 cm³/mol. The standard InChI is InChI=1S/C31H35N3O3/c1-23-19-34(24(2)22-35)31(36)28-17-27(16-10-15-25-11-6-4-7-12-25)18-32-30(28)37-29(23)21-33(3)20-26-13-8-5-9-14-26/h4-9,11-14,17-18,23-24,29,35H,15,19-22H2,1-3H3/t23-,24+,29+/m1/s1. The normalized spacial score (nSPS) is 18.2. The van der Waals surface area contributed by atoms with E-state index in [9.17, 15) is 9.90 Å². The van der Waals surface area contributed by atoms with Crippen LogP contribution >= 0.6 is 0 Å². The van der Waals surface area contributed by atoms with Crippen LogP contribution in [0.3, 0.4) is 0 Å². The van der Waals surface area contributed by atoms with Crippen molar-refractivity contribution in [2.45, 2.75) is 39.0 Å². The highest BCUT2D eigenvalue weighted by Crippen LogP contribution is 2.27. The van der Waals surface area contributed by atoms with Gasteiger partial charge in [0, 0.05) is 43.7 Å². The maximum absolute atomic E-state index is 13.6. The zero-order valence-electron chi connectivity index (χ0n) is 21.8. The van der Waals surface area contributed by atoms with Gasteiger partial charge < -0.3 is 14.7 Å². The Balaban J connectivity index is 1.59. The molecule has 1 N–H and O–H groups in total. The monoisotopic (exact) mass is 497 g/mol. The number of carbonyl (C=O) groups excluding carboxylic acids is 1. The molecule has 2 heterocycles. The molecule has 6 heteroatoms. The van der Waals surface area contributed by atoms with Gasteiger partial charge in [0.05, 0.1) is 12.6 Å². The molecule has 2 aromatic carbocycles. The van der Waals surface area contributed by atoms with Gasteiger partial charge in [-0.15, -0.1) is 0 Å². The Bertz CT molecular complexity index is 1240. The molecule has 0 unspecified atom stereocenters. The first-order valence-corrected chi connectivity index (χ1v) is 12.8. The lowest BCUT2D eigenvalue weighted by atomic mass is 9.99. The van der Waals surface area contributed by atoms with Crippen molar-refractivity contribution in [1.29, 1.82) is 0 Å². The maximum atomic E-state index is 13.6. The van der Waals surface area contributed by atoms with E-state index in [1.165, 1.54) is 5.56 Å². The van der Waals surface area contributed by atoms with Gasteiger partial charge in [-0.1, -0.05) is 79.4 Å². The molecule has 3 atom stereocenters. The quantitative estimate of drug-likeness (QED) is 0.500. The van der Waals surface area contributed by atoms with Crippen molar-refractivity contribution in [3.8, 4) is 17.7 Å². The van der Waals surface area contributed by atoms with Gasteiger partial charge in [0.25, 0.3) is 5.91 Å². The molecule has 0 fully saturated rings. The SMILES string of the molecule is C[C@@H]1CN([C@@H](C)CO)C(=O)c2cc(C#CCc3ccccc3)cnc2O[C@H]1CN(C)Cc1ccccc1. The minimum atomic E-state index is -0.323. The van der Waals surface area contributed by atoms with Crippen molar-refractivity contribution in [2.24, 2.45) is 5.92 Å². The summed E-state index contributed by atoms with van der Waals surface area (Å²) in [6, 6.07) is 21.8. The maximum Gasteiger partial charge on any atom is 0.259 e. The lowest BCUT2D eigenvalue weighted by Crippen LogP contribution is -2.49. The molecular weight excluding hydrogens is 462 g/mol. The number of rotatable bonds is 7. The first-order chi connectivity index (χ1) is 17.9. The van der Waals surface area contributed by atoms with Gasteiger partial charge in [-0.05, 0) is 31.2 Å². The van der Waals surface area contributed by atoms with Crippen molar-refractivity contribution in [1.82, 2.24) is 14.8 Å². The zero-order valence-corrected chi connectivity index (χ0v) is 21.8. The highest BCUT2D eigenvalue weighted by Gasteiger charge is 2.34. The molecule has 0 aliphatic carbocycles. The lowest BCUT2D eigenvalue weighted by molar-refractivity contribution is 0.0325. The van der Waals surface area contributed by atoms with E-state index in [1.54, 1.807) is 17.2 Å². The van der Waals surface area contributed by atoms with E-state index in [2.05, 4.69) is 47.8 Å². The Morgan fingerprint density at radius 1 is 1.14 bits per heavy atom. The Morgan fingerprint density at radius 3 is 2.49 bits per heavy atom. The number of aliphatic hydroxyl groups is 1. The number of hydrogen-bond acceptors (Lipinski definition) is 5. The van der Waals surface area contributed by atoms with Crippen LogP contribution in [-0.4, -0.2) is 64.7 Å². The second kappa shape index (κ2) is 12.5. The second-order valence-corrected chi connectivity index (χ2v) is 9.85. The van der Waals surface area contributed by atoms with Crippen LogP contribution in [0, 0.1) is 17.8 Å². The fourth-order valence-corrected chi connectivity index (χ4v) is 4.50. The summed E-state index contributed by atoms with van der Waals surface area (Å²) in [4.78, 5) is 22.1. The summed E-state index contributed by atoms with van der Waals surface area (Å²) >= 11 is 0. The molecule has 0 radical (unpaired) electrons. The minimum Gasteiger partial charge on any atom is -0.472 e. The Hall–Kier alpha value is -3.66. The Labute approximate surface area is 219 Å². The third-order valence-corrected chi connectivity index (χ3v) is 6.68. The third kappa shape index (κ3) is 6.97. The van der Waals surface area contributed by atoms with Gasteiger partial charge in [-0.3, -0.25) is 9.69 Å². The van der Waals surface area contributed by atoms with Crippen molar-refractivity contribution in [3.05, 3.63) is 95.2 Å². The van der Waals surface area contributed by atoms with E-state index >= 15 is 0 Å². The fraction of sp³-hybridized carbons (Fsp3) is 0.355. The Kier molecular flexibility index (Phi) is 8.95. The number of hydrogen-bond donors (Lipinski definition) is 1. The van der Waals surface area contributed by atoms with Gasteiger partial charge in [0.2, 0.25) is 5.88 Å². The van der Waals surface area contributed by atoms with Crippen molar-refractivity contribution >= 4 is 5.91 Å². The van der Waals surface area contributed by atoms with Crippen LogP contribution < -0.4 is 4.74 Å². The van der Waals surface area contributed by atoms with Crippen molar-refractivity contribution in [3.63, 3.8) is 0 Å². The van der Waals surface area contributed by atoms with Crippen LogP contribution in [0.25, 0.3) is 0 Å². The van der Waals surface area contributed by atoms with Crippen molar-refractivity contribution < 1.29 is 14.6 Å². The highest BCUT2D eigenvalue weighted by atomic mass is 16.5. The smallest absolute Gasteiger partial charge is 0.259 e. The van der Waals surface area contributed by atoms with Gasteiger partial charge >= 0.3 is 0 Å². The van der Waals surface area contributed by atoms with Gasteiger partial charge in [0.1, 0.15) is 11.7 Å². The fourth-order valence-electron chi connectivity index (χ4n) is 4.50. The topological polar surface area (TPSA) is 65.9 Å². The summed E-state index contributed by atoms with van der Waals surface area (Å²) in [7, 11) is 2.07. The molecule has 0 bridgehead atoms. The summed E-state index contributed by atoms with van der Waals surface area (Å²) in [6.45, 7) is 5.77. The number of amides is 1. The summed E-state index contributed by atoms with van der Waals surface area (Å²) in [5.41, 5.74) is 3.41. The highest BCUT2D eigenvalue weighted by molar-refractivity contribution is 5.97. The summed E-state index contributed by atoms with van der Waals surface area (Å²) in [5, 5.41) is 9.88. The molecule has 0 saturated heterocycles. The number of likely N-dealkylation sites (N-methyl/N-ethyl adjacent to an activating group) is 1. The van der Waals surface area contributed by atoms with E-state index in [1.807, 2.05) is 55.5 Å². The molecular formula is C31H35N3O3. The van der Waals surface area contributed by atoms with E-state index in [-0.39, 0.29) is 30.6 Å². The largest absolute Gasteiger partial charge is 0.472 e. The molecule has 3 aromatic rings. The van der Waals surface area contributed by atoms with E-state index < -0.39 is 0 Å². The van der Waals surface area contributed by atoms with E-state index in [0.717, 1.165) is 12.1 Å². The average Bonchev–Trinajstić information content (AvgIpc) is 2.91. The molecule has 6 nitrogen and oxygen atoms in total.